The summed E-state index contributed by atoms with van der Waals surface area (Å²) in [6.45, 7) is 12.2. The number of ether oxygens (including phenoxy) is 5. The van der Waals surface area contributed by atoms with Crippen molar-refractivity contribution >= 4 is 58.8 Å². The summed E-state index contributed by atoms with van der Waals surface area (Å²) in [6, 6.07) is 2.53. The Balaban J connectivity index is 1.61. The number of methoxy groups -OCH3 is 2. The lowest BCUT2D eigenvalue weighted by molar-refractivity contribution is -0.162. The molecule has 4 rings (SSSR count). The number of aliphatic hydroxyl groups is 1. The van der Waals surface area contributed by atoms with Crippen LogP contribution in [0.15, 0.2) is 35.9 Å². The predicted molar refractivity (Wildman–Crippen MR) is 238 cm³/mol. The van der Waals surface area contributed by atoms with E-state index in [9.17, 15) is 29.1 Å². The van der Waals surface area contributed by atoms with Crippen molar-refractivity contribution in [1.29, 1.82) is 0 Å². The smallest absolute Gasteiger partial charge is 0.409 e. The Morgan fingerprint density at radius 3 is 2.53 bits per heavy atom. The molecule has 3 heterocycles. The van der Waals surface area contributed by atoms with E-state index in [-0.39, 0.29) is 41.9 Å². The van der Waals surface area contributed by atoms with Gasteiger partial charge in [0.1, 0.15) is 40.7 Å². The number of fused-ring (bicyclic) bond motifs is 5. The summed E-state index contributed by atoms with van der Waals surface area (Å²) in [5.41, 5.74) is -1.01. The van der Waals surface area contributed by atoms with Gasteiger partial charge < -0.3 is 48.8 Å². The molecule has 0 aromatic heterocycles. The number of benzene rings is 1. The zero-order valence-corrected chi connectivity index (χ0v) is 39.7. The number of thioether (sulfide) groups is 1. The Kier molecular flexibility index (Phi) is 17.4. The van der Waals surface area contributed by atoms with E-state index in [0.717, 1.165) is 11.1 Å². The van der Waals surface area contributed by atoms with Gasteiger partial charge >= 0.3 is 12.1 Å². The van der Waals surface area contributed by atoms with E-state index in [1.54, 1.807) is 64.1 Å². The van der Waals surface area contributed by atoms with Crippen LogP contribution in [0.25, 0.3) is 0 Å². The number of alkyl carbamates (subject to hydrolysis) is 1. The SMILES string of the molecule is CNCCN(C)C(=O)CSC(C)(C)CCC(=O)N(C)[C@@H](C)C(=O)O[C@H]1CC(=O)N(C)c2cc(cc(OC)c2Cl)C/C(C)=C/C=C/[C@@H](OC)[C@@]2(O)C[C@H](OC(=O)N2)[C@@H](C)[C@@H]2OC12C. The zero-order chi connectivity index (χ0) is 46.3. The minimum Gasteiger partial charge on any atom is -0.495 e. The molecule has 0 spiro atoms. The molecule has 8 atom stereocenters. The number of epoxide rings is 1. The maximum absolute atomic E-state index is 14.3. The Morgan fingerprint density at radius 2 is 1.89 bits per heavy atom. The van der Waals surface area contributed by atoms with E-state index >= 15 is 0 Å². The Bertz CT molecular complexity index is 1880. The van der Waals surface area contributed by atoms with Crippen LogP contribution in [-0.4, -0.2) is 152 Å². The van der Waals surface area contributed by atoms with Crippen LogP contribution in [0.4, 0.5) is 10.5 Å². The summed E-state index contributed by atoms with van der Waals surface area (Å²) < 4.78 is 29.0. The van der Waals surface area contributed by atoms with Crippen molar-refractivity contribution in [3.63, 3.8) is 0 Å². The number of likely N-dealkylation sites (N-methyl/N-ethyl adjacent to an activating group) is 3. The summed E-state index contributed by atoms with van der Waals surface area (Å²) in [4.78, 5) is 71.8. The third-order valence-electron chi connectivity index (χ3n) is 12.2. The molecule has 4 amide bonds. The number of esters is 1. The van der Waals surface area contributed by atoms with Crippen LogP contribution >= 0.6 is 23.4 Å². The third kappa shape index (κ3) is 12.4. The minimum atomic E-state index is -1.85. The Labute approximate surface area is 375 Å². The summed E-state index contributed by atoms with van der Waals surface area (Å²) in [5, 5.41) is 17.6. The van der Waals surface area contributed by atoms with Gasteiger partial charge in [-0.15, -0.1) is 11.8 Å². The van der Waals surface area contributed by atoms with E-state index in [1.807, 2.05) is 33.9 Å². The molecule has 3 N–H and O–H groups in total. The number of carbonyl (C=O) groups is 5. The van der Waals surface area contributed by atoms with Crippen LogP contribution in [0, 0.1) is 5.92 Å². The molecule has 3 aliphatic heterocycles. The van der Waals surface area contributed by atoms with Crippen LogP contribution in [0.2, 0.25) is 5.02 Å². The molecular weight excluding hydrogens is 842 g/mol. The molecule has 3 aliphatic rings. The van der Waals surface area contributed by atoms with Gasteiger partial charge in [0.05, 0.1) is 31.1 Å². The highest BCUT2D eigenvalue weighted by atomic mass is 35.5. The number of nitrogens with zero attached hydrogens (tertiary/aromatic N) is 3. The van der Waals surface area contributed by atoms with E-state index in [1.165, 1.54) is 42.8 Å². The van der Waals surface area contributed by atoms with E-state index in [4.69, 9.17) is 35.3 Å². The number of amides is 4. The average molecular weight is 909 g/mol. The van der Waals surface area contributed by atoms with Crippen LogP contribution in [0.5, 0.6) is 5.75 Å². The van der Waals surface area contributed by atoms with Gasteiger partial charge in [-0.25, -0.2) is 9.59 Å². The number of allylic oxidation sites excluding steroid dienone is 3. The van der Waals surface area contributed by atoms with Crippen LogP contribution in [0.3, 0.4) is 0 Å². The normalized spacial score (nSPS) is 28.6. The van der Waals surface area contributed by atoms with Crippen molar-refractivity contribution in [3.8, 4) is 5.75 Å². The number of hydrogen-bond donors (Lipinski definition) is 3. The predicted octanol–water partition coefficient (Wildman–Crippen LogP) is 4.48. The lowest BCUT2D eigenvalue weighted by Gasteiger charge is -2.42. The second-order valence-electron chi connectivity index (χ2n) is 17.4. The Hall–Kier alpha value is -3.87. The highest BCUT2D eigenvalue weighted by Gasteiger charge is 2.64. The fourth-order valence-electron chi connectivity index (χ4n) is 7.65. The Morgan fingerprint density at radius 1 is 1.19 bits per heavy atom. The topological polar surface area (TPSA) is 189 Å². The number of anilines is 1. The number of hydrogen-bond acceptors (Lipinski definition) is 13. The van der Waals surface area contributed by atoms with E-state index < -0.39 is 70.4 Å². The van der Waals surface area contributed by atoms with Crippen LogP contribution < -0.4 is 20.3 Å². The first-order chi connectivity index (χ1) is 29.0. The van der Waals surface area contributed by atoms with Crippen molar-refractivity contribution in [2.24, 2.45) is 5.92 Å². The second-order valence-corrected chi connectivity index (χ2v) is 19.4. The molecule has 16 nitrogen and oxygen atoms in total. The maximum atomic E-state index is 14.3. The first-order valence-electron chi connectivity index (χ1n) is 20.9. The van der Waals surface area contributed by atoms with Gasteiger partial charge in [-0.3, -0.25) is 19.7 Å². The van der Waals surface area contributed by atoms with Crippen molar-refractivity contribution in [3.05, 3.63) is 46.5 Å². The largest absolute Gasteiger partial charge is 0.495 e. The molecule has 62 heavy (non-hydrogen) atoms. The summed E-state index contributed by atoms with van der Waals surface area (Å²) in [5.74, 6) is -1.43. The lowest BCUT2D eigenvalue weighted by Crippen LogP contribution is -2.63. The van der Waals surface area contributed by atoms with Gasteiger partial charge in [0, 0.05) is 64.8 Å². The highest BCUT2D eigenvalue weighted by molar-refractivity contribution is 8.01. The first kappa shape index (κ1) is 50.8. The standard InChI is InChI=1S/C44H66ClN5O11S/c1-26-14-13-15-33(58-12)44(56)24-32(59-41(55)47-44)27(2)39-43(6,61-39)34(23-36(52)50(10)30-21-29(20-26)22-31(57-11)38(30)45)60-40(54)28(3)49(9)35(51)16-17-42(4,5)62-25-37(53)48(8)19-18-46-7/h13-15,21-22,27-28,32-34,39,46,56H,16-20,23-25H2,1-12H3,(H,47,55)/b15-13+,26-14+/t27-,28+,32+,33-,34+,39+,43?,44+/m1/s1. The van der Waals surface area contributed by atoms with Crippen molar-refractivity contribution in [1.82, 2.24) is 20.4 Å². The fraction of sp³-hybridized carbons (Fsp3) is 0.659. The van der Waals surface area contributed by atoms with Gasteiger partial charge in [-0.2, -0.15) is 0 Å². The number of carbonyl (C=O) groups excluding carboxylic acids is 5. The highest BCUT2D eigenvalue weighted by Crippen LogP contribution is 2.49. The molecule has 18 heteroatoms. The van der Waals surface area contributed by atoms with Crippen LogP contribution in [0.1, 0.15) is 72.8 Å². The van der Waals surface area contributed by atoms with E-state index in [2.05, 4.69) is 10.6 Å². The molecule has 0 saturated carbocycles. The second kappa shape index (κ2) is 21.2. The number of halogens is 1. The minimum absolute atomic E-state index is 0.00273. The summed E-state index contributed by atoms with van der Waals surface area (Å²) in [7, 11) is 9.59. The average Bonchev–Trinajstić information content (AvgIpc) is 3.92. The quantitative estimate of drug-likeness (QED) is 0.175. The monoisotopic (exact) mass is 907 g/mol. The van der Waals surface area contributed by atoms with Crippen molar-refractivity contribution < 1.29 is 52.8 Å². The molecule has 1 unspecified atom stereocenters. The van der Waals surface area contributed by atoms with Gasteiger partial charge in [0.15, 0.2) is 5.72 Å². The van der Waals surface area contributed by atoms with Gasteiger partial charge in [-0.1, -0.05) is 56.2 Å². The van der Waals surface area contributed by atoms with E-state index in [0.29, 0.717) is 37.4 Å². The number of rotatable bonds is 14. The van der Waals surface area contributed by atoms with Crippen molar-refractivity contribution in [2.45, 2.75) is 120 Å². The summed E-state index contributed by atoms with van der Waals surface area (Å²) >= 11 is 8.27. The molecule has 1 aromatic carbocycles. The molecule has 0 aliphatic carbocycles. The van der Waals surface area contributed by atoms with Gasteiger partial charge in [0.25, 0.3) is 0 Å². The molecule has 4 bridgehead atoms. The fourth-order valence-corrected chi connectivity index (χ4v) is 8.94. The third-order valence-corrected chi connectivity index (χ3v) is 13.9. The zero-order valence-electron chi connectivity index (χ0n) is 38.2. The molecule has 0 radical (unpaired) electrons. The summed E-state index contributed by atoms with van der Waals surface area (Å²) in [6.07, 6.45) is 1.31. The molecular formula is C44H66ClN5O11S. The molecule has 2 saturated heterocycles. The van der Waals surface area contributed by atoms with Gasteiger partial charge in [-0.05, 0) is 58.4 Å². The first-order valence-corrected chi connectivity index (χ1v) is 22.2. The van der Waals surface area contributed by atoms with Crippen molar-refractivity contribution in [2.75, 3.05) is 66.2 Å². The maximum Gasteiger partial charge on any atom is 0.409 e. The van der Waals surface area contributed by atoms with Crippen LogP contribution in [-0.2, 0) is 44.5 Å². The molecule has 1 aromatic rings. The number of nitrogens with one attached hydrogen (secondary N) is 2. The lowest BCUT2D eigenvalue weighted by atomic mass is 9.83. The van der Waals surface area contributed by atoms with Gasteiger partial charge in [0.2, 0.25) is 17.7 Å². The molecule has 346 valence electrons. The molecule has 2 fully saturated rings.